The summed E-state index contributed by atoms with van der Waals surface area (Å²) in [6.07, 6.45) is 0. The SMILES string of the molecule is c1ccc([P+](c2ccccc2)(c2ccccc2)c2ccc(-c3nc4c5ccccc5c5ccccc5c4[n-]3)cc2)cc1. The summed E-state index contributed by atoms with van der Waals surface area (Å²) in [7, 11) is -2.15. The summed E-state index contributed by atoms with van der Waals surface area (Å²) in [6.45, 7) is 0. The first-order chi connectivity index (χ1) is 20.8. The normalized spacial score (nSPS) is 11.8. The maximum atomic E-state index is 5.13. The Hall–Kier alpha value is -5.04. The Morgan fingerprint density at radius 3 is 1.31 bits per heavy atom. The number of benzene rings is 7. The van der Waals surface area contributed by atoms with Crippen LogP contribution in [0.25, 0.3) is 44.0 Å². The van der Waals surface area contributed by atoms with Gasteiger partial charge in [0, 0.05) is 0 Å². The second-order valence-corrected chi connectivity index (χ2v) is 14.0. The molecular weight excluding hydrogens is 527 g/mol. The summed E-state index contributed by atoms with van der Waals surface area (Å²) in [6, 6.07) is 59.0. The fraction of sp³-hybridized carbons (Fsp3) is 0. The van der Waals surface area contributed by atoms with Gasteiger partial charge in [-0.3, -0.25) is 0 Å². The first-order valence-corrected chi connectivity index (χ1v) is 16.0. The van der Waals surface area contributed by atoms with E-state index in [-0.39, 0.29) is 0 Å². The molecule has 2 nitrogen and oxygen atoms in total. The van der Waals surface area contributed by atoms with Crippen LogP contribution in [0, 0.1) is 0 Å². The van der Waals surface area contributed by atoms with E-state index < -0.39 is 7.26 Å². The van der Waals surface area contributed by atoms with Gasteiger partial charge in [0.05, 0.1) is 0 Å². The maximum absolute atomic E-state index is 5.13. The van der Waals surface area contributed by atoms with Crippen molar-refractivity contribution in [1.29, 1.82) is 0 Å². The second kappa shape index (κ2) is 10.1. The molecular formula is C39H27N2P. The zero-order chi connectivity index (χ0) is 27.9. The van der Waals surface area contributed by atoms with Gasteiger partial charge >= 0.3 is 0 Å². The zero-order valence-electron chi connectivity index (χ0n) is 22.9. The minimum Gasteiger partial charge on any atom is -0.435 e. The molecule has 0 aliphatic rings. The fourth-order valence-corrected chi connectivity index (χ4v) is 10.6. The first kappa shape index (κ1) is 24.7. The van der Waals surface area contributed by atoms with E-state index in [1.165, 1.54) is 32.0 Å². The number of fused-ring (bicyclic) bond motifs is 6. The lowest BCUT2D eigenvalue weighted by Gasteiger charge is -2.27. The van der Waals surface area contributed by atoms with Gasteiger partial charge in [-0.2, -0.15) is 0 Å². The Labute approximate surface area is 245 Å². The monoisotopic (exact) mass is 554 g/mol. The Bertz CT molecular complexity index is 2000. The minimum absolute atomic E-state index is 0.765. The fourth-order valence-electron chi connectivity index (χ4n) is 6.38. The molecule has 7 aromatic carbocycles. The highest BCUT2D eigenvalue weighted by atomic mass is 31.2. The molecule has 3 heteroatoms. The molecule has 0 saturated carbocycles. The van der Waals surface area contributed by atoms with E-state index in [0.717, 1.165) is 33.2 Å². The molecule has 8 aromatic rings. The topological polar surface area (TPSA) is 27.0 Å². The van der Waals surface area contributed by atoms with Crippen molar-refractivity contribution in [2.24, 2.45) is 0 Å². The minimum atomic E-state index is -2.15. The third kappa shape index (κ3) is 3.80. The lowest BCUT2D eigenvalue weighted by Crippen LogP contribution is -2.38. The molecule has 0 spiro atoms. The van der Waals surface area contributed by atoms with E-state index in [2.05, 4.69) is 164 Å². The average molecular weight is 555 g/mol. The van der Waals surface area contributed by atoms with Gasteiger partial charge < -0.3 is 9.97 Å². The summed E-state index contributed by atoms with van der Waals surface area (Å²) >= 11 is 0. The van der Waals surface area contributed by atoms with E-state index in [0.29, 0.717) is 0 Å². The third-order valence-corrected chi connectivity index (χ3v) is 12.5. The average Bonchev–Trinajstić information content (AvgIpc) is 3.53. The van der Waals surface area contributed by atoms with Gasteiger partial charge in [-0.15, -0.1) is 0 Å². The van der Waals surface area contributed by atoms with Gasteiger partial charge in [0.25, 0.3) is 0 Å². The van der Waals surface area contributed by atoms with Crippen LogP contribution in [0.2, 0.25) is 0 Å². The number of nitrogens with zero attached hydrogens (tertiary/aromatic N) is 2. The molecule has 0 amide bonds. The number of hydrogen-bond acceptors (Lipinski definition) is 1. The molecule has 0 unspecified atom stereocenters. The molecule has 0 fully saturated rings. The van der Waals surface area contributed by atoms with E-state index in [9.17, 15) is 0 Å². The summed E-state index contributed by atoms with van der Waals surface area (Å²) in [4.78, 5) is 10.3. The van der Waals surface area contributed by atoms with Crippen LogP contribution in [0.3, 0.4) is 0 Å². The predicted molar refractivity (Wildman–Crippen MR) is 180 cm³/mol. The molecule has 0 aliphatic heterocycles. The van der Waals surface area contributed by atoms with Crippen LogP contribution in [-0.2, 0) is 0 Å². The molecule has 0 bridgehead atoms. The molecule has 0 N–H and O–H groups in total. The van der Waals surface area contributed by atoms with Gasteiger partial charge in [0.1, 0.15) is 28.5 Å². The Morgan fingerprint density at radius 1 is 0.381 bits per heavy atom. The van der Waals surface area contributed by atoms with Gasteiger partial charge in [0.15, 0.2) is 0 Å². The van der Waals surface area contributed by atoms with Crippen LogP contribution >= 0.6 is 7.26 Å². The summed E-state index contributed by atoms with van der Waals surface area (Å²) in [5.41, 5.74) is 2.95. The Kier molecular flexibility index (Phi) is 5.95. The van der Waals surface area contributed by atoms with Crippen LogP contribution in [0.4, 0.5) is 0 Å². The van der Waals surface area contributed by atoms with Crippen LogP contribution in [0.15, 0.2) is 164 Å². The number of hydrogen-bond donors (Lipinski definition) is 0. The van der Waals surface area contributed by atoms with Crippen molar-refractivity contribution >= 4 is 61.1 Å². The number of rotatable bonds is 5. The van der Waals surface area contributed by atoms with Gasteiger partial charge in [0.2, 0.25) is 0 Å². The molecule has 0 atom stereocenters. The van der Waals surface area contributed by atoms with Crippen LogP contribution in [0.5, 0.6) is 0 Å². The lowest BCUT2D eigenvalue weighted by molar-refractivity contribution is 1.32. The highest BCUT2D eigenvalue weighted by molar-refractivity contribution is 8.01. The molecule has 0 radical (unpaired) electrons. The summed E-state index contributed by atoms with van der Waals surface area (Å²) < 4.78 is 0. The van der Waals surface area contributed by atoms with E-state index >= 15 is 0 Å². The second-order valence-electron chi connectivity index (χ2n) is 10.6. The maximum Gasteiger partial charge on any atom is 0.144 e. The van der Waals surface area contributed by atoms with Crippen LogP contribution < -0.4 is 26.2 Å². The molecule has 0 saturated heterocycles. The van der Waals surface area contributed by atoms with Crippen LogP contribution in [-0.4, -0.2) is 4.98 Å². The van der Waals surface area contributed by atoms with Crippen molar-refractivity contribution < 1.29 is 0 Å². The highest BCUT2D eigenvalue weighted by Crippen LogP contribution is 2.54. The van der Waals surface area contributed by atoms with Gasteiger partial charge in [-0.1, -0.05) is 121 Å². The first-order valence-electron chi connectivity index (χ1n) is 14.2. The highest BCUT2D eigenvalue weighted by Gasteiger charge is 2.47. The van der Waals surface area contributed by atoms with Crippen molar-refractivity contribution in [3.63, 3.8) is 0 Å². The molecule has 198 valence electrons. The lowest BCUT2D eigenvalue weighted by atomic mass is 10.0. The predicted octanol–water partition coefficient (Wildman–Crippen LogP) is 7.78. The van der Waals surface area contributed by atoms with Crippen LogP contribution in [0.1, 0.15) is 0 Å². The molecule has 42 heavy (non-hydrogen) atoms. The molecule has 0 aliphatic carbocycles. The van der Waals surface area contributed by atoms with Crippen molar-refractivity contribution in [2.75, 3.05) is 0 Å². The van der Waals surface area contributed by atoms with E-state index in [1.54, 1.807) is 0 Å². The smallest absolute Gasteiger partial charge is 0.144 e. The van der Waals surface area contributed by atoms with Crippen molar-refractivity contribution in [3.05, 3.63) is 164 Å². The van der Waals surface area contributed by atoms with Crippen molar-refractivity contribution in [1.82, 2.24) is 9.97 Å². The standard InChI is InChI=1S/C39H27N2P/c1-4-14-29(15-5-1)42(30-16-6-2-7-17-30,31-18-8-3-9-19-31)32-26-24-28(25-27-32)39-40-37-35-22-12-10-20-33(35)34-21-11-13-23-36(34)38(37)41-39/h1-27H. The summed E-state index contributed by atoms with van der Waals surface area (Å²) in [5.74, 6) is 0.765. The Balaban J connectivity index is 1.34. The molecule has 1 heterocycles. The molecule has 1 aromatic heterocycles. The van der Waals surface area contributed by atoms with Gasteiger partial charge in [-0.25, -0.2) is 0 Å². The Morgan fingerprint density at radius 2 is 0.786 bits per heavy atom. The largest absolute Gasteiger partial charge is 0.435 e. The third-order valence-electron chi connectivity index (χ3n) is 8.26. The van der Waals surface area contributed by atoms with Crippen molar-refractivity contribution in [2.45, 2.75) is 0 Å². The van der Waals surface area contributed by atoms with Gasteiger partial charge in [-0.05, 0) is 86.7 Å². The summed E-state index contributed by atoms with van der Waals surface area (Å²) in [5, 5.41) is 10.0. The quantitative estimate of drug-likeness (QED) is 0.160. The zero-order valence-corrected chi connectivity index (χ0v) is 23.8. The molecule has 8 rings (SSSR count). The van der Waals surface area contributed by atoms with E-state index in [1.807, 2.05) is 0 Å². The number of aromatic nitrogens is 2. The van der Waals surface area contributed by atoms with E-state index in [4.69, 9.17) is 9.97 Å². The van der Waals surface area contributed by atoms with Crippen molar-refractivity contribution in [3.8, 4) is 11.4 Å². The number of imidazole rings is 1.